The molecule has 0 heterocycles. The lowest BCUT2D eigenvalue weighted by Crippen LogP contribution is -2.27. The van der Waals surface area contributed by atoms with Crippen molar-refractivity contribution >= 4 is 5.91 Å². The molecule has 1 N–H and O–H groups in total. The Kier molecular flexibility index (Phi) is 3.90. The van der Waals surface area contributed by atoms with Crippen molar-refractivity contribution in [1.82, 2.24) is 5.32 Å². The summed E-state index contributed by atoms with van der Waals surface area (Å²) in [6, 6.07) is 11.8. The van der Waals surface area contributed by atoms with Crippen LogP contribution in [0.4, 0.5) is 8.78 Å². The van der Waals surface area contributed by atoms with Crippen LogP contribution in [-0.4, -0.2) is 5.91 Å². The summed E-state index contributed by atoms with van der Waals surface area (Å²) in [5, 5.41) is 2.63. The fourth-order valence-electron chi connectivity index (χ4n) is 1.77. The summed E-state index contributed by atoms with van der Waals surface area (Å²) in [6.07, 6.45) is 0. The summed E-state index contributed by atoms with van der Waals surface area (Å²) in [5.74, 6) is -2.01. The number of rotatable bonds is 3. The van der Waals surface area contributed by atoms with Crippen LogP contribution in [-0.2, 0) is 0 Å². The van der Waals surface area contributed by atoms with Crippen molar-refractivity contribution in [2.24, 2.45) is 0 Å². The van der Waals surface area contributed by atoms with Gasteiger partial charge in [0.2, 0.25) is 0 Å². The molecule has 1 atom stereocenters. The Labute approximate surface area is 110 Å². The van der Waals surface area contributed by atoms with Gasteiger partial charge in [0.25, 0.3) is 5.91 Å². The van der Waals surface area contributed by atoms with E-state index >= 15 is 0 Å². The lowest BCUT2D eigenvalue weighted by Gasteiger charge is -2.14. The Morgan fingerprint density at radius 3 is 2.47 bits per heavy atom. The van der Waals surface area contributed by atoms with Crippen LogP contribution in [0.5, 0.6) is 0 Å². The van der Waals surface area contributed by atoms with Crippen LogP contribution in [0.3, 0.4) is 0 Å². The van der Waals surface area contributed by atoms with Crippen molar-refractivity contribution in [2.45, 2.75) is 13.0 Å². The second kappa shape index (κ2) is 5.61. The average Bonchev–Trinajstić information content (AvgIpc) is 2.42. The molecule has 0 fully saturated rings. The average molecular weight is 261 g/mol. The fourth-order valence-corrected chi connectivity index (χ4v) is 1.77. The predicted molar refractivity (Wildman–Crippen MR) is 68.7 cm³/mol. The third-order valence-corrected chi connectivity index (χ3v) is 2.82. The molecule has 0 aliphatic heterocycles. The maximum absolute atomic E-state index is 13.4. The second-order valence-corrected chi connectivity index (χ2v) is 4.23. The van der Waals surface area contributed by atoms with Gasteiger partial charge in [0.05, 0.1) is 11.6 Å². The molecule has 0 bridgehead atoms. The van der Waals surface area contributed by atoms with E-state index in [2.05, 4.69) is 5.32 Å². The summed E-state index contributed by atoms with van der Waals surface area (Å²) in [6.45, 7) is 1.78. The van der Waals surface area contributed by atoms with Crippen LogP contribution in [0.1, 0.15) is 28.9 Å². The summed E-state index contributed by atoms with van der Waals surface area (Å²) in [4.78, 5) is 11.9. The zero-order valence-corrected chi connectivity index (χ0v) is 10.4. The molecule has 98 valence electrons. The van der Waals surface area contributed by atoms with E-state index in [0.29, 0.717) is 0 Å². The van der Waals surface area contributed by atoms with Gasteiger partial charge in [-0.2, -0.15) is 0 Å². The molecule has 0 aliphatic rings. The molecular weight excluding hydrogens is 248 g/mol. The molecule has 19 heavy (non-hydrogen) atoms. The van der Waals surface area contributed by atoms with E-state index < -0.39 is 17.5 Å². The van der Waals surface area contributed by atoms with Gasteiger partial charge < -0.3 is 5.32 Å². The highest BCUT2D eigenvalue weighted by Crippen LogP contribution is 2.14. The van der Waals surface area contributed by atoms with Gasteiger partial charge in [0.1, 0.15) is 11.6 Å². The molecule has 0 spiro atoms. The molecule has 2 nitrogen and oxygen atoms in total. The van der Waals surface area contributed by atoms with Crippen LogP contribution < -0.4 is 5.32 Å². The highest BCUT2D eigenvalue weighted by molar-refractivity contribution is 5.94. The summed E-state index contributed by atoms with van der Waals surface area (Å²) < 4.78 is 26.5. The van der Waals surface area contributed by atoms with Crippen molar-refractivity contribution < 1.29 is 13.6 Å². The highest BCUT2D eigenvalue weighted by Gasteiger charge is 2.15. The van der Waals surface area contributed by atoms with Crippen molar-refractivity contribution in [3.63, 3.8) is 0 Å². The van der Waals surface area contributed by atoms with Crippen LogP contribution >= 0.6 is 0 Å². The molecule has 0 saturated heterocycles. The topological polar surface area (TPSA) is 29.1 Å². The minimum absolute atomic E-state index is 0.281. The molecule has 0 aromatic heterocycles. The van der Waals surface area contributed by atoms with Crippen molar-refractivity contribution in [3.8, 4) is 0 Å². The predicted octanol–water partition coefficient (Wildman–Crippen LogP) is 3.46. The van der Waals surface area contributed by atoms with Gasteiger partial charge in [-0.3, -0.25) is 4.79 Å². The molecular formula is C15H13F2NO. The zero-order valence-electron chi connectivity index (χ0n) is 10.4. The smallest absolute Gasteiger partial charge is 0.254 e. The first-order valence-electron chi connectivity index (χ1n) is 5.89. The van der Waals surface area contributed by atoms with E-state index in [1.807, 2.05) is 30.3 Å². The standard InChI is InChI=1S/C15H13F2NO/c1-10(11-5-3-2-4-6-11)18-15(19)13-9-12(16)7-8-14(13)17/h2-10H,1H3,(H,18,19). The first-order chi connectivity index (χ1) is 9.08. The highest BCUT2D eigenvalue weighted by atomic mass is 19.1. The number of nitrogens with one attached hydrogen (secondary N) is 1. The SMILES string of the molecule is CC(NC(=O)c1cc(F)ccc1F)c1ccccc1. The maximum atomic E-state index is 13.4. The van der Waals surface area contributed by atoms with E-state index in [-0.39, 0.29) is 11.6 Å². The Bertz CT molecular complexity index is 584. The molecule has 2 rings (SSSR count). The number of hydrogen-bond acceptors (Lipinski definition) is 1. The van der Waals surface area contributed by atoms with Gasteiger partial charge in [0, 0.05) is 0 Å². The van der Waals surface area contributed by atoms with Crippen LogP contribution in [0.15, 0.2) is 48.5 Å². The molecule has 0 aliphatic carbocycles. The van der Waals surface area contributed by atoms with E-state index in [9.17, 15) is 13.6 Å². The number of amides is 1. The van der Waals surface area contributed by atoms with E-state index in [1.54, 1.807) is 6.92 Å². The van der Waals surface area contributed by atoms with Gasteiger partial charge in [-0.05, 0) is 30.7 Å². The lowest BCUT2D eigenvalue weighted by atomic mass is 10.1. The Balaban J connectivity index is 2.15. The van der Waals surface area contributed by atoms with Crippen LogP contribution in [0.2, 0.25) is 0 Å². The summed E-state index contributed by atoms with van der Waals surface area (Å²) in [7, 11) is 0. The largest absolute Gasteiger partial charge is 0.345 e. The number of halogens is 2. The maximum Gasteiger partial charge on any atom is 0.254 e. The van der Waals surface area contributed by atoms with Gasteiger partial charge in [0.15, 0.2) is 0 Å². The Morgan fingerprint density at radius 1 is 1.11 bits per heavy atom. The van der Waals surface area contributed by atoms with Gasteiger partial charge in [-0.15, -0.1) is 0 Å². The normalized spacial score (nSPS) is 11.9. The van der Waals surface area contributed by atoms with Crippen molar-refractivity contribution in [1.29, 1.82) is 0 Å². The molecule has 1 amide bonds. The third kappa shape index (κ3) is 3.16. The second-order valence-electron chi connectivity index (χ2n) is 4.23. The zero-order chi connectivity index (χ0) is 13.8. The molecule has 4 heteroatoms. The number of hydrogen-bond donors (Lipinski definition) is 1. The molecule has 0 saturated carbocycles. The van der Waals surface area contributed by atoms with Crippen LogP contribution in [0.25, 0.3) is 0 Å². The van der Waals surface area contributed by atoms with Gasteiger partial charge in [-0.25, -0.2) is 8.78 Å². The molecule has 0 radical (unpaired) electrons. The molecule has 2 aromatic rings. The quantitative estimate of drug-likeness (QED) is 0.900. The summed E-state index contributed by atoms with van der Waals surface area (Å²) >= 11 is 0. The summed E-state index contributed by atoms with van der Waals surface area (Å²) in [5.41, 5.74) is 0.607. The minimum Gasteiger partial charge on any atom is -0.345 e. The fraction of sp³-hybridized carbons (Fsp3) is 0.133. The number of benzene rings is 2. The lowest BCUT2D eigenvalue weighted by molar-refractivity contribution is 0.0935. The minimum atomic E-state index is -0.737. The molecule has 1 unspecified atom stereocenters. The molecule has 2 aromatic carbocycles. The number of carbonyl (C=O) groups is 1. The van der Waals surface area contributed by atoms with E-state index in [1.165, 1.54) is 0 Å². The van der Waals surface area contributed by atoms with Gasteiger partial charge in [-0.1, -0.05) is 30.3 Å². The van der Waals surface area contributed by atoms with Gasteiger partial charge >= 0.3 is 0 Å². The first kappa shape index (κ1) is 13.2. The van der Waals surface area contributed by atoms with Crippen molar-refractivity contribution in [3.05, 3.63) is 71.3 Å². The Morgan fingerprint density at radius 2 is 1.79 bits per heavy atom. The Hall–Kier alpha value is -2.23. The van der Waals surface area contributed by atoms with E-state index in [0.717, 1.165) is 23.8 Å². The van der Waals surface area contributed by atoms with Crippen LogP contribution in [0, 0.1) is 11.6 Å². The van der Waals surface area contributed by atoms with Crippen molar-refractivity contribution in [2.75, 3.05) is 0 Å². The van der Waals surface area contributed by atoms with E-state index in [4.69, 9.17) is 0 Å². The number of carbonyl (C=O) groups excluding carboxylic acids is 1. The monoisotopic (exact) mass is 261 g/mol. The first-order valence-corrected chi connectivity index (χ1v) is 5.89. The third-order valence-electron chi connectivity index (χ3n) is 2.82.